The van der Waals surface area contributed by atoms with Crippen molar-refractivity contribution < 1.29 is 4.79 Å². The van der Waals surface area contributed by atoms with E-state index in [2.05, 4.69) is 48.3 Å². The molecule has 124 valence electrons. The summed E-state index contributed by atoms with van der Waals surface area (Å²) in [4.78, 5) is 17.1. The number of hydrogen-bond donors (Lipinski definition) is 1. The topological polar surface area (TPSA) is 32.3 Å². The van der Waals surface area contributed by atoms with Gasteiger partial charge in [-0.3, -0.25) is 9.69 Å². The number of thiophene rings is 1. The highest BCUT2D eigenvalue weighted by atomic mass is 32.1. The summed E-state index contributed by atoms with van der Waals surface area (Å²) in [6.45, 7) is 10.9. The van der Waals surface area contributed by atoms with Crippen molar-refractivity contribution >= 4 is 17.2 Å². The highest BCUT2D eigenvalue weighted by Crippen LogP contribution is 2.22. The van der Waals surface area contributed by atoms with Gasteiger partial charge in [-0.15, -0.1) is 11.3 Å². The zero-order valence-corrected chi connectivity index (χ0v) is 15.2. The predicted molar refractivity (Wildman–Crippen MR) is 98.2 cm³/mol. The summed E-state index contributed by atoms with van der Waals surface area (Å²) >= 11 is 1.67. The van der Waals surface area contributed by atoms with E-state index in [4.69, 9.17) is 0 Å². The molecule has 1 N–H and O–H groups in total. The second-order valence-corrected chi connectivity index (χ2v) is 7.15. The molecule has 0 saturated heterocycles. The fourth-order valence-electron chi connectivity index (χ4n) is 2.94. The molecule has 0 spiro atoms. The number of carbonyl (C=O) groups is 1. The first-order valence-corrected chi connectivity index (χ1v) is 9.02. The Hall–Kier alpha value is -1.65. The highest BCUT2D eigenvalue weighted by molar-refractivity contribution is 7.12. The zero-order valence-electron chi connectivity index (χ0n) is 14.4. The molecule has 0 aliphatic rings. The molecular formula is C19H26N2OS. The number of benzene rings is 1. The predicted octanol–water partition coefficient (Wildman–Crippen LogP) is 4.18. The summed E-state index contributed by atoms with van der Waals surface area (Å²) < 4.78 is 0. The Morgan fingerprint density at radius 1 is 1.17 bits per heavy atom. The number of rotatable bonds is 7. The van der Waals surface area contributed by atoms with E-state index < -0.39 is 0 Å². The van der Waals surface area contributed by atoms with Gasteiger partial charge >= 0.3 is 0 Å². The van der Waals surface area contributed by atoms with Gasteiger partial charge in [-0.25, -0.2) is 0 Å². The van der Waals surface area contributed by atoms with Crippen LogP contribution < -0.4 is 5.32 Å². The largest absolute Gasteiger partial charge is 0.350 e. The van der Waals surface area contributed by atoms with Gasteiger partial charge in [-0.1, -0.05) is 44.2 Å². The van der Waals surface area contributed by atoms with Crippen molar-refractivity contribution in [2.75, 3.05) is 19.6 Å². The van der Waals surface area contributed by atoms with Gasteiger partial charge in [-0.2, -0.15) is 0 Å². The summed E-state index contributed by atoms with van der Waals surface area (Å²) in [6, 6.07) is 12.6. The molecule has 0 bridgehead atoms. The molecule has 0 aliphatic heterocycles. The third-order valence-electron chi connectivity index (χ3n) is 4.18. The van der Waals surface area contributed by atoms with Gasteiger partial charge < -0.3 is 5.32 Å². The number of hydrogen-bond acceptors (Lipinski definition) is 3. The van der Waals surface area contributed by atoms with Gasteiger partial charge in [0.25, 0.3) is 5.91 Å². The third-order valence-corrected chi connectivity index (χ3v) is 5.14. The first-order chi connectivity index (χ1) is 11.1. The molecule has 1 aromatic carbocycles. The maximum Gasteiger partial charge on any atom is 0.252 e. The normalized spacial score (nSPS) is 12.4. The fraction of sp³-hybridized carbons (Fsp3) is 0.421. The molecule has 0 radical (unpaired) electrons. The molecule has 23 heavy (non-hydrogen) atoms. The average molecular weight is 330 g/mol. The van der Waals surface area contributed by atoms with E-state index in [9.17, 15) is 4.79 Å². The number of amides is 1. The molecule has 2 aromatic rings. The Morgan fingerprint density at radius 2 is 1.83 bits per heavy atom. The zero-order chi connectivity index (χ0) is 16.8. The van der Waals surface area contributed by atoms with E-state index in [-0.39, 0.29) is 11.9 Å². The molecule has 1 atom stereocenters. The second-order valence-electron chi connectivity index (χ2n) is 5.68. The van der Waals surface area contributed by atoms with Crippen molar-refractivity contribution in [3.63, 3.8) is 0 Å². The molecule has 4 heteroatoms. The van der Waals surface area contributed by atoms with Crippen molar-refractivity contribution in [3.8, 4) is 0 Å². The quantitative estimate of drug-likeness (QED) is 0.826. The van der Waals surface area contributed by atoms with Crippen LogP contribution in [0.2, 0.25) is 0 Å². The molecule has 3 nitrogen and oxygen atoms in total. The van der Waals surface area contributed by atoms with Gasteiger partial charge in [0, 0.05) is 16.3 Å². The number of nitrogens with zero attached hydrogens (tertiary/aromatic N) is 1. The van der Waals surface area contributed by atoms with E-state index in [0.29, 0.717) is 6.54 Å². The van der Waals surface area contributed by atoms with Gasteiger partial charge in [0.2, 0.25) is 0 Å². The van der Waals surface area contributed by atoms with Gasteiger partial charge in [0.05, 0.1) is 11.6 Å². The molecular weight excluding hydrogens is 304 g/mol. The molecule has 1 aromatic heterocycles. The van der Waals surface area contributed by atoms with Crippen LogP contribution >= 0.6 is 11.3 Å². The minimum Gasteiger partial charge on any atom is -0.350 e. The molecule has 2 rings (SSSR count). The Kier molecular flexibility index (Phi) is 6.37. The van der Waals surface area contributed by atoms with E-state index in [0.717, 1.165) is 23.5 Å². The molecule has 1 amide bonds. The number of likely N-dealkylation sites (N-methyl/N-ethyl adjacent to an activating group) is 1. The van der Waals surface area contributed by atoms with Crippen LogP contribution in [0.3, 0.4) is 0 Å². The average Bonchev–Trinajstić information content (AvgIpc) is 2.90. The molecule has 0 aliphatic carbocycles. The van der Waals surface area contributed by atoms with Gasteiger partial charge in [-0.05, 0) is 38.6 Å². The maximum atomic E-state index is 12.5. The van der Waals surface area contributed by atoms with E-state index in [1.807, 2.05) is 26.0 Å². The lowest BCUT2D eigenvalue weighted by molar-refractivity contribution is 0.0935. The van der Waals surface area contributed by atoms with Crippen LogP contribution in [0.5, 0.6) is 0 Å². The molecule has 0 fully saturated rings. The third kappa shape index (κ3) is 4.43. The van der Waals surface area contributed by atoms with Crippen LogP contribution in [0.25, 0.3) is 0 Å². The summed E-state index contributed by atoms with van der Waals surface area (Å²) in [5.41, 5.74) is 2.05. The lowest BCUT2D eigenvalue weighted by Crippen LogP contribution is -2.38. The van der Waals surface area contributed by atoms with Crippen LogP contribution in [0, 0.1) is 13.8 Å². The number of nitrogens with one attached hydrogen (secondary N) is 1. The minimum atomic E-state index is 0.0277. The maximum absolute atomic E-state index is 12.5. The first-order valence-electron chi connectivity index (χ1n) is 8.21. The number of aryl methyl sites for hydroxylation is 2. The second kappa shape index (κ2) is 8.27. The van der Waals surface area contributed by atoms with Crippen LogP contribution in [-0.2, 0) is 0 Å². The Labute approximate surface area is 143 Å². The highest BCUT2D eigenvalue weighted by Gasteiger charge is 2.20. The standard InChI is InChI=1S/C19H26N2OS/c1-5-21(6-2)18(16-10-8-7-9-11-16)13-20-19(22)17-12-14(3)23-15(17)4/h7-12,18H,5-6,13H2,1-4H3,(H,20,22). The van der Waals surface area contributed by atoms with E-state index in [1.54, 1.807) is 11.3 Å². The molecule has 1 heterocycles. The van der Waals surface area contributed by atoms with Crippen molar-refractivity contribution in [1.82, 2.24) is 10.2 Å². The summed E-state index contributed by atoms with van der Waals surface area (Å²) in [6.07, 6.45) is 0. The summed E-state index contributed by atoms with van der Waals surface area (Å²) in [5, 5.41) is 3.13. The van der Waals surface area contributed by atoms with Crippen LogP contribution in [0.15, 0.2) is 36.4 Å². The van der Waals surface area contributed by atoms with Crippen LogP contribution in [0.4, 0.5) is 0 Å². The van der Waals surface area contributed by atoms with Crippen molar-refractivity contribution in [3.05, 3.63) is 57.3 Å². The van der Waals surface area contributed by atoms with Crippen molar-refractivity contribution in [1.29, 1.82) is 0 Å². The number of carbonyl (C=O) groups excluding carboxylic acids is 1. The Morgan fingerprint density at radius 3 is 2.35 bits per heavy atom. The van der Waals surface area contributed by atoms with Crippen molar-refractivity contribution in [2.24, 2.45) is 0 Å². The first kappa shape index (κ1) is 17.7. The molecule has 1 unspecified atom stereocenters. The van der Waals surface area contributed by atoms with E-state index in [1.165, 1.54) is 10.4 Å². The fourth-order valence-corrected chi connectivity index (χ4v) is 3.86. The Balaban J connectivity index is 2.12. The molecule has 0 saturated carbocycles. The SMILES string of the molecule is CCN(CC)C(CNC(=O)c1cc(C)sc1C)c1ccccc1. The summed E-state index contributed by atoms with van der Waals surface area (Å²) in [7, 11) is 0. The van der Waals surface area contributed by atoms with Crippen molar-refractivity contribution in [2.45, 2.75) is 33.7 Å². The smallest absolute Gasteiger partial charge is 0.252 e. The monoisotopic (exact) mass is 330 g/mol. The minimum absolute atomic E-state index is 0.0277. The van der Waals surface area contributed by atoms with Gasteiger partial charge in [0.1, 0.15) is 0 Å². The van der Waals surface area contributed by atoms with Crippen LogP contribution in [-0.4, -0.2) is 30.4 Å². The lowest BCUT2D eigenvalue weighted by Gasteiger charge is -2.30. The van der Waals surface area contributed by atoms with E-state index >= 15 is 0 Å². The van der Waals surface area contributed by atoms with Crippen LogP contribution in [0.1, 0.15) is 45.6 Å². The summed E-state index contributed by atoms with van der Waals surface area (Å²) in [5.74, 6) is 0.0277. The van der Waals surface area contributed by atoms with Gasteiger partial charge in [0.15, 0.2) is 0 Å². The Bertz CT molecular complexity index is 632. The lowest BCUT2D eigenvalue weighted by atomic mass is 10.0.